The van der Waals surface area contributed by atoms with Crippen molar-refractivity contribution in [1.82, 2.24) is 0 Å². The van der Waals surface area contributed by atoms with Gasteiger partial charge in [0, 0.05) is 16.7 Å². The Morgan fingerprint density at radius 3 is 2.45 bits per heavy atom. The van der Waals surface area contributed by atoms with Crippen molar-refractivity contribution in [1.29, 1.82) is 0 Å². The minimum atomic E-state index is -3.96. The summed E-state index contributed by atoms with van der Waals surface area (Å²) in [5.74, 6) is -1.74. The van der Waals surface area contributed by atoms with Gasteiger partial charge in [0.25, 0.3) is 0 Å². The molecule has 0 saturated carbocycles. The molecule has 5 nitrogen and oxygen atoms in total. The Kier molecular flexibility index (Phi) is 4.72. The number of sulfone groups is 1. The monoisotopic (exact) mass is 430 g/mol. The molecule has 3 aromatic carbocycles. The van der Waals surface area contributed by atoms with Crippen molar-refractivity contribution < 1.29 is 27.1 Å². The maximum atomic E-state index is 13.1. The molecule has 0 fully saturated rings. The molecule has 0 aliphatic carbocycles. The number of ether oxygens (including phenoxy) is 1. The summed E-state index contributed by atoms with van der Waals surface area (Å²) in [5, 5.41) is 0.105. The fraction of sp³-hybridized carbons (Fsp3) is 0.0476. The highest BCUT2D eigenvalue weighted by Crippen LogP contribution is 2.35. The molecule has 1 aliphatic rings. The van der Waals surface area contributed by atoms with Crippen LogP contribution in [0, 0.1) is 5.82 Å². The van der Waals surface area contributed by atoms with Crippen LogP contribution >= 0.6 is 11.6 Å². The molecule has 1 aliphatic heterocycles. The van der Waals surface area contributed by atoms with Gasteiger partial charge in [0.2, 0.25) is 9.84 Å². The second kappa shape index (κ2) is 7.09. The second-order valence-electron chi connectivity index (χ2n) is 6.35. The number of hydrogen-bond acceptors (Lipinski definition) is 5. The quantitative estimate of drug-likeness (QED) is 0.455. The molecule has 0 radical (unpaired) electrons. The van der Waals surface area contributed by atoms with E-state index in [0.717, 1.165) is 12.1 Å². The molecule has 0 unspecified atom stereocenters. The number of benzene rings is 3. The lowest BCUT2D eigenvalue weighted by atomic mass is 10.0. The first kappa shape index (κ1) is 19.3. The van der Waals surface area contributed by atoms with Gasteiger partial charge in [0.15, 0.2) is 5.78 Å². The highest BCUT2D eigenvalue weighted by atomic mass is 35.5. The zero-order valence-electron chi connectivity index (χ0n) is 14.7. The van der Waals surface area contributed by atoms with Gasteiger partial charge in [-0.2, -0.15) is 0 Å². The standard InChI is InChI=1S/C21H12ClFO5S/c22-17-10-14(23)7-5-13(17)11-28-21(25)12-6-8-16-19(9-12)29(26,27)18-4-2-1-3-15(18)20(16)24/h1-10H,11H2. The van der Waals surface area contributed by atoms with Crippen molar-refractivity contribution in [3.8, 4) is 0 Å². The zero-order valence-corrected chi connectivity index (χ0v) is 16.3. The van der Waals surface area contributed by atoms with Crippen molar-refractivity contribution in [3.05, 3.63) is 93.8 Å². The summed E-state index contributed by atoms with van der Waals surface area (Å²) in [4.78, 5) is 24.7. The van der Waals surface area contributed by atoms with Crippen LogP contribution in [0.5, 0.6) is 0 Å². The predicted octanol–water partition coefficient (Wildman–Crippen LogP) is 4.21. The molecule has 0 amide bonds. The Bertz CT molecular complexity index is 1280. The molecular weight excluding hydrogens is 419 g/mol. The largest absolute Gasteiger partial charge is 0.457 e. The van der Waals surface area contributed by atoms with E-state index in [1.165, 1.54) is 42.5 Å². The smallest absolute Gasteiger partial charge is 0.338 e. The highest BCUT2D eigenvalue weighted by molar-refractivity contribution is 7.91. The number of rotatable bonds is 3. The van der Waals surface area contributed by atoms with Crippen molar-refractivity contribution in [3.63, 3.8) is 0 Å². The number of hydrogen-bond donors (Lipinski definition) is 0. The van der Waals surface area contributed by atoms with E-state index in [9.17, 15) is 22.4 Å². The summed E-state index contributed by atoms with van der Waals surface area (Å²) >= 11 is 5.91. The summed E-state index contributed by atoms with van der Waals surface area (Å²) < 4.78 is 44.1. The van der Waals surface area contributed by atoms with Gasteiger partial charge < -0.3 is 4.74 Å². The molecule has 1 heterocycles. The fourth-order valence-electron chi connectivity index (χ4n) is 3.08. The van der Waals surface area contributed by atoms with Crippen LogP contribution in [-0.2, 0) is 21.2 Å². The van der Waals surface area contributed by atoms with E-state index >= 15 is 0 Å². The summed E-state index contributed by atoms with van der Waals surface area (Å²) in [5.41, 5.74) is 0.469. The van der Waals surface area contributed by atoms with Crippen molar-refractivity contribution >= 4 is 33.2 Å². The maximum absolute atomic E-state index is 13.1. The fourth-order valence-corrected chi connectivity index (χ4v) is 4.98. The average Bonchev–Trinajstić information content (AvgIpc) is 2.71. The first-order valence-corrected chi connectivity index (χ1v) is 10.3. The minimum absolute atomic E-state index is 0.00169. The van der Waals surface area contributed by atoms with Gasteiger partial charge in [0.05, 0.1) is 20.4 Å². The third-order valence-corrected chi connectivity index (χ3v) is 6.75. The lowest BCUT2D eigenvalue weighted by molar-refractivity contribution is 0.0472. The number of ketones is 1. The molecule has 4 rings (SSSR count). The van der Waals surface area contributed by atoms with Crippen LogP contribution in [0.3, 0.4) is 0 Å². The van der Waals surface area contributed by atoms with Gasteiger partial charge >= 0.3 is 5.97 Å². The predicted molar refractivity (Wildman–Crippen MR) is 102 cm³/mol. The lowest BCUT2D eigenvalue weighted by Gasteiger charge is -2.19. The van der Waals surface area contributed by atoms with Crippen LogP contribution in [0.4, 0.5) is 4.39 Å². The van der Waals surface area contributed by atoms with Crippen LogP contribution in [0.1, 0.15) is 31.8 Å². The molecule has 0 saturated heterocycles. The molecule has 0 bridgehead atoms. The van der Waals surface area contributed by atoms with Crippen molar-refractivity contribution in [2.24, 2.45) is 0 Å². The van der Waals surface area contributed by atoms with E-state index in [-0.39, 0.29) is 38.1 Å². The summed E-state index contributed by atoms with van der Waals surface area (Å²) in [6.07, 6.45) is 0. The Hall–Kier alpha value is -3.03. The Morgan fingerprint density at radius 1 is 0.966 bits per heavy atom. The lowest BCUT2D eigenvalue weighted by Crippen LogP contribution is -2.21. The van der Waals surface area contributed by atoms with Gasteiger partial charge in [-0.3, -0.25) is 4.79 Å². The first-order chi connectivity index (χ1) is 13.8. The summed E-state index contributed by atoms with van der Waals surface area (Å²) in [6.45, 7) is -0.219. The van der Waals surface area contributed by atoms with Gasteiger partial charge in [-0.05, 0) is 42.5 Å². The van der Waals surface area contributed by atoms with Crippen molar-refractivity contribution in [2.45, 2.75) is 16.4 Å². The van der Waals surface area contributed by atoms with Crippen LogP contribution in [0.15, 0.2) is 70.5 Å². The topological polar surface area (TPSA) is 77.5 Å². The average molecular weight is 431 g/mol. The minimum Gasteiger partial charge on any atom is -0.457 e. The molecule has 146 valence electrons. The molecule has 3 aromatic rings. The molecule has 29 heavy (non-hydrogen) atoms. The highest BCUT2D eigenvalue weighted by Gasteiger charge is 2.35. The third-order valence-electron chi connectivity index (χ3n) is 4.55. The zero-order chi connectivity index (χ0) is 20.8. The van der Waals surface area contributed by atoms with E-state index in [1.54, 1.807) is 6.07 Å². The van der Waals surface area contributed by atoms with Gasteiger partial charge in [0.1, 0.15) is 12.4 Å². The molecule has 0 spiro atoms. The first-order valence-electron chi connectivity index (χ1n) is 8.43. The summed E-state index contributed by atoms with van der Waals surface area (Å²) in [6, 6.07) is 13.3. The van der Waals surface area contributed by atoms with Crippen LogP contribution in [0.25, 0.3) is 0 Å². The van der Waals surface area contributed by atoms with Crippen LogP contribution < -0.4 is 0 Å². The number of halogens is 2. The maximum Gasteiger partial charge on any atom is 0.338 e. The SMILES string of the molecule is O=C(OCc1ccc(F)cc1Cl)c1ccc2c(c1)S(=O)(=O)c1ccccc1C2=O. The molecular formula is C21H12ClFO5S. The number of carbonyl (C=O) groups is 2. The van der Waals surface area contributed by atoms with E-state index in [4.69, 9.17) is 16.3 Å². The molecule has 0 atom stereocenters. The van der Waals surface area contributed by atoms with Crippen molar-refractivity contribution in [2.75, 3.05) is 0 Å². The number of esters is 1. The normalized spacial score (nSPS) is 14.1. The Balaban J connectivity index is 1.65. The summed E-state index contributed by atoms with van der Waals surface area (Å²) in [7, 11) is -3.96. The van der Waals surface area contributed by atoms with Gasteiger partial charge in [-0.1, -0.05) is 29.8 Å². The second-order valence-corrected chi connectivity index (χ2v) is 8.65. The van der Waals surface area contributed by atoms with E-state index in [2.05, 4.69) is 0 Å². The van der Waals surface area contributed by atoms with Gasteiger partial charge in [-0.15, -0.1) is 0 Å². The third kappa shape index (κ3) is 3.32. The van der Waals surface area contributed by atoms with E-state index in [1.807, 2.05) is 0 Å². The van der Waals surface area contributed by atoms with Crippen LogP contribution in [0.2, 0.25) is 5.02 Å². The van der Waals surface area contributed by atoms with E-state index < -0.39 is 27.4 Å². The van der Waals surface area contributed by atoms with Crippen LogP contribution in [-0.4, -0.2) is 20.2 Å². The number of fused-ring (bicyclic) bond motifs is 2. The Morgan fingerprint density at radius 2 is 1.69 bits per heavy atom. The molecule has 0 aromatic heterocycles. The molecule has 8 heteroatoms. The van der Waals surface area contributed by atoms with Gasteiger partial charge in [-0.25, -0.2) is 17.6 Å². The van der Waals surface area contributed by atoms with E-state index in [0.29, 0.717) is 5.56 Å². The number of carbonyl (C=O) groups excluding carboxylic acids is 2. The molecule has 0 N–H and O–H groups in total. The Labute approximate surface area is 170 Å².